The molecule has 0 saturated carbocycles. The van der Waals surface area contributed by atoms with E-state index in [0.29, 0.717) is 12.6 Å². The molecule has 4 heteroatoms. The van der Waals surface area contributed by atoms with Crippen LogP contribution in [0.25, 0.3) is 0 Å². The molecule has 1 rings (SSSR count). The van der Waals surface area contributed by atoms with Crippen molar-refractivity contribution in [2.24, 2.45) is 0 Å². The molecular formula is C11H12O4. The molecule has 0 fully saturated rings. The Hall–Kier alpha value is -1.84. The molecule has 1 aromatic rings. The molecule has 0 radical (unpaired) electrons. The van der Waals surface area contributed by atoms with E-state index in [4.69, 9.17) is 0 Å². The Bertz CT molecular complexity index is 339. The normalized spacial score (nSPS) is 12.0. The molecule has 0 spiro atoms. The van der Waals surface area contributed by atoms with Gasteiger partial charge in [0.15, 0.2) is 0 Å². The number of aromatic hydroxyl groups is 2. The lowest BCUT2D eigenvalue weighted by Gasteiger charge is -2.12. The maximum absolute atomic E-state index is 10.8. The predicted molar refractivity (Wildman–Crippen MR) is 53.9 cm³/mol. The second-order valence-electron chi connectivity index (χ2n) is 3.20. The zero-order valence-corrected chi connectivity index (χ0v) is 8.09. The molecule has 0 aliphatic rings. The minimum Gasteiger partial charge on any atom is -0.508 e. The minimum atomic E-state index is -0.642. The quantitative estimate of drug-likeness (QED) is 0.716. The van der Waals surface area contributed by atoms with Gasteiger partial charge in [-0.05, 0) is 18.6 Å². The average molecular weight is 208 g/mol. The Morgan fingerprint density at radius 2 is 1.80 bits per heavy atom. The van der Waals surface area contributed by atoms with Crippen LogP contribution in [0.2, 0.25) is 0 Å². The molecule has 0 bridgehead atoms. The molecule has 15 heavy (non-hydrogen) atoms. The van der Waals surface area contributed by atoms with E-state index in [1.165, 1.54) is 18.2 Å². The molecule has 0 saturated heterocycles. The van der Waals surface area contributed by atoms with Gasteiger partial charge in [0.1, 0.15) is 24.1 Å². The third-order valence-electron chi connectivity index (χ3n) is 2.19. The summed E-state index contributed by atoms with van der Waals surface area (Å²) in [5, 5.41) is 19.0. The van der Waals surface area contributed by atoms with Crippen LogP contribution in [0, 0.1) is 0 Å². The highest BCUT2D eigenvalue weighted by molar-refractivity contribution is 5.67. The van der Waals surface area contributed by atoms with Crippen LogP contribution in [-0.4, -0.2) is 22.8 Å². The maximum atomic E-state index is 10.8. The zero-order chi connectivity index (χ0) is 11.3. The van der Waals surface area contributed by atoms with Crippen molar-refractivity contribution >= 4 is 12.6 Å². The molecule has 1 aromatic carbocycles. The molecule has 0 heterocycles. The average Bonchev–Trinajstić information content (AvgIpc) is 2.22. The molecule has 1 atom stereocenters. The summed E-state index contributed by atoms with van der Waals surface area (Å²) >= 11 is 0. The standard InChI is InChI=1S/C11H12O4/c12-6-2-3-8(7-13)11-9(14)4-1-5-10(11)15/h1,4-8,14-15H,2-3H2. The number of phenols is 2. The third-order valence-corrected chi connectivity index (χ3v) is 2.19. The van der Waals surface area contributed by atoms with Gasteiger partial charge in [0, 0.05) is 17.9 Å². The van der Waals surface area contributed by atoms with Crippen LogP contribution < -0.4 is 0 Å². The molecule has 0 aliphatic heterocycles. The van der Waals surface area contributed by atoms with E-state index in [9.17, 15) is 19.8 Å². The summed E-state index contributed by atoms with van der Waals surface area (Å²) in [6.07, 6.45) is 1.83. The van der Waals surface area contributed by atoms with Crippen LogP contribution in [0.1, 0.15) is 24.3 Å². The highest BCUT2D eigenvalue weighted by Crippen LogP contribution is 2.34. The molecule has 0 aliphatic carbocycles. The lowest BCUT2D eigenvalue weighted by Crippen LogP contribution is -2.01. The summed E-state index contributed by atoms with van der Waals surface area (Å²) in [4.78, 5) is 21.0. The van der Waals surface area contributed by atoms with Crippen molar-refractivity contribution in [1.29, 1.82) is 0 Å². The highest BCUT2D eigenvalue weighted by Gasteiger charge is 2.18. The van der Waals surface area contributed by atoms with Gasteiger partial charge in [-0.3, -0.25) is 0 Å². The van der Waals surface area contributed by atoms with Crippen molar-refractivity contribution in [2.75, 3.05) is 0 Å². The van der Waals surface area contributed by atoms with Gasteiger partial charge in [-0.2, -0.15) is 0 Å². The first-order valence-corrected chi connectivity index (χ1v) is 4.60. The van der Waals surface area contributed by atoms with Gasteiger partial charge in [0.2, 0.25) is 0 Å². The molecule has 80 valence electrons. The number of aldehydes is 2. The number of carbonyl (C=O) groups excluding carboxylic acids is 2. The van der Waals surface area contributed by atoms with Crippen LogP contribution in [0.15, 0.2) is 18.2 Å². The SMILES string of the molecule is O=CCCC(C=O)c1c(O)cccc1O. The van der Waals surface area contributed by atoms with E-state index in [1.807, 2.05) is 0 Å². The van der Waals surface area contributed by atoms with E-state index in [-0.39, 0.29) is 29.9 Å². The lowest BCUT2D eigenvalue weighted by molar-refractivity contribution is -0.110. The van der Waals surface area contributed by atoms with Gasteiger partial charge in [0.05, 0.1) is 0 Å². The van der Waals surface area contributed by atoms with E-state index in [0.717, 1.165) is 0 Å². The Morgan fingerprint density at radius 3 is 2.27 bits per heavy atom. The van der Waals surface area contributed by atoms with Crippen LogP contribution in [0.3, 0.4) is 0 Å². The smallest absolute Gasteiger partial charge is 0.127 e. The number of hydrogen-bond donors (Lipinski definition) is 2. The van der Waals surface area contributed by atoms with Gasteiger partial charge in [-0.15, -0.1) is 0 Å². The first-order chi connectivity index (χ1) is 7.20. The summed E-state index contributed by atoms with van der Waals surface area (Å²) in [6.45, 7) is 0. The van der Waals surface area contributed by atoms with Crippen LogP contribution in [0.5, 0.6) is 11.5 Å². The van der Waals surface area contributed by atoms with Crippen LogP contribution in [-0.2, 0) is 9.59 Å². The van der Waals surface area contributed by atoms with Crippen molar-refractivity contribution in [3.63, 3.8) is 0 Å². The number of carbonyl (C=O) groups is 2. The summed E-state index contributed by atoms with van der Waals surface area (Å²) in [5.74, 6) is -0.896. The number of hydrogen-bond acceptors (Lipinski definition) is 4. The number of phenolic OH excluding ortho intramolecular Hbond substituents is 2. The van der Waals surface area contributed by atoms with Crippen LogP contribution >= 0.6 is 0 Å². The van der Waals surface area contributed by atoms with Crippen molar-refractivity contribution < 1.29 is 19.8 Å². The summed E-state index contributed by atoms with van der Waals surface area (Å²) in [7, 11) is 0. The predicted octanol–water partition coefficient (Wildman–Crippen LogP) is 1.36. The molecule has 0 aromatic heterocycles. The molecule has 4 nitrogen and oxygen atoms in total. The highest BCUT2D eigenvalue weighted by atomic mass is 16.3. The van der Waals surface area contributed by atoms with E-state index < -0.39 is 5.92 Å². The Morgan fingerprint density at radius 1 is 1.20 bits per heavy atom. The zero-order valence-electron chi connectivity index (χ0n) is 8.09. The Labute approximate surface area is 87.2 Å². The molecule has 0 amide bonds. The van der Waals surface area contributed by atoms with E-state index in [1.54, 1.807) is 0 Å². The van der Waals surface area contributed by atoms with Gasteiger partial charge in [-0.25, -0.2) is 0 Å². The number of benzene rings is 1. The summed E-state index contributed by atoms with van der Waals surface area (Å²) in [6, 6.07) is 4.27. The minimum absolute atomic E-state index is 0.127. The Balaban J connectivity index is 3.00. The second kappa shape index (κ2) is 5.14. The Kier molecular flexibility index (Phi) is 3.85. The first kappa shape index (κ1) is 11.2. The largest absolute Gasteiger partial charge is 0.508 e. The maximum Gasteiger partial charge on any atom is 0.127 e. The van der Waals surface area contributed by atoms with Gasteiger partial charge in [-0.1, -0.05) is 6.07 Å². The van der Waals surface area contributed by atoms with Crippen molar-refractivity contribution in [1.82, 2.24) is 0 Å². The monoisotopic (exact) mass is 208 g/mol. The van der Waals surface area contributed by atoms with Crippen LogP contribution in [0.4, 0.5) is 0 Å². The van der Waals surface area contributed by atoms with Gasteiger partial charge < -0.3 is 19.8 Å². The summed E-state index contributed by atoms with van der Waals surface area (Å²) < 4.78 is 0. The second-order valence-corrected chi connectivity index (χ2v) is 3.20. The first-order valence-electron chi connectivity index (χ1n) is 4.60. The van der Waals surface area contributed by atoms with E-state index in [2.05, 4.69) is 0 Å². The van der Waals surface area contributed by atoms with Crippen molar-refractivity contribution in [2.45, 2.75) is 18.8 Å². The van der Waals surface area contributed by atoms with Gasteiger partial charge >= 0.3 is 0 Å². The number of rotatable bonds is 5. The van der Waals surface area contributed by atoms with Crippen molar-refractivity contribution in [3.05, 3.63) is 23.8 Å². The fourth-order valence-corrected chi connectivity index (χ4v) is 1.45. The molecule has 1 unspecified atom stereocenters. The molecule has 2 N–H and O–H groups in total. The molecular weight excluding hydrogens is 196 g/mol. The summed E-state index contributed by atoms with van der Waals surface area (Å²) in [5.41, 5.74) is 0.189. The van der Waals surface area contributed by atoms with E-state index >= 15 is 0 Å². The van der Waals surface area contributed by atoms with Gasteiger partial charge in [0.25, 0.3) is 0 Å². The third kappa shape index (κ3) is 2.56. The fourth-order valence-electron chi connectivity index (χ4n) is 1.45. The lowest BCUT2D eigenvalue weighted by atomic mass is 9.94. The topological polar surface area (TPSA) is 74.6 Å². The fraction of sp³-hybridized carbons (Fsp3) is 0.273. The van der Waals surface area contributed by atoms with Crippen molar-refractivity contribution in [3.8, 4) is 11.5 Å².